The zero-order valence-corrected chi connectivity index (χ0v) is 17.8. The number of nitrogens with one attached hydrogen (secondary N) is 1. The van der Waals surface area contributed by atoms with Gasteiger partial charge in [-0.1, -0.05) is 11.8 Å². The van der Waals surface area contributed by atoms with Crippen LogP contribution in [-0.2, 0) is 11.2 Å². The molecule has 0 saturated heterocycles. The molecule has 8 nitrogen and oxygen atoms in total. The van der Waals surface area contributed by atoms with Crippen molar-refractivity contribution >= 4 is 17.7 Å². The highest BCUT2D eigenvalue weighted by Gasteiger charge is 2.27. The van der Waals surface area contributed by atoms with Crippen LogP contribution >= 0.6 is 11.8 Å². The summed E-state index contributed by atoms with van der Waals surface area (Å²) in [6.45, 7) is 2.20. The molecule has 1 aromatic carbocycles. The average Bonchev–Trinajstić information content (AvgIpc) is 3.13. The highest BCUT2D eigenvalue weighted by molar-refractivity contribution is 7.99. The molecule has 0 radical (unpaired) electrons. The number of amides is 1. The lowest BCUT2D eigenvalue weighted by Crippen LogP contribution is -2.32. The van der Waals surface area contributed by atoms with Gasteiger partial charge in [0.2, 0.25) is 11.7 Å². The molecule has 2 aromatic rings. The van der Waals surface area contributed by atoms with E-state index in [1.807, 2.05) is 12.1 Å². The molecule has 3 rings (SSSR count). The van der Waals surface area contributed by atoms with Gasteiger partial charge in [0, 0.05) is 30.5 Å². The van der Waals surface area contributed by atoms with E-state index in [2.05, 4.69) is 10.3 Å². The number of hydrogen-bond acceptors (Lipinski definition) is 7. The number of carbonyl (C=O) groups excluding carboxylic acids is 1. The van der Waals surface area contributed by atoms with Crippen molar-refractivity contribution in [2.24, 2.45) is 0 Å². The summed E-state index contributed by atoms with van der Waals surface area (Å²) >= 11 is 1.51. The number of ether oxygens (including phenoxy) is 3. The Morgan fingerprint density at radius 1 is 1.24 bits per heavy atom. The fraction of sp³-hybridized carbons (Fsp3) is 0.450. The Morgan fingerprint density at radius 3 is 2.55 bits per heavy atom. The zero-order valence-electron chi connectivity index (χ0n) is 17.0. The molecule has 1 aliphatic rings. The summed E-state index contributed by atoms with van der Waals surface area (Å²) in [5.74, 6) is 2.27. The molecule has 0 spiro atoms. The van der Waals surface area contributed by atoms with Crippen LogP contribution in [0, 0.1) is 6.92 Å². The molecule has 29 heavy (non-hydrogen) atoms. The molecule has 2 heterocycles. The number of thioether (sulfide) groups is 1. The smallest absolute Gasteiger partial charge is 0.257 e. The van der Waals surface area contributed by atoms with Gasteiger partial charge in [0.1, 0.15) is 0 Å². The van der Waals surface area contributed by atoms with Crippen molar-refractivity contribution in [3.05, 3.63) is 39.8 Å². The number of methoxy groups -OCH3 is 3. The first kappa shape index (κ1) is 21.0. The van der Waals surface area contributed by atoms with Crippen molar-refractivity contribution in [2.75, 3.05) is 33.6 Å². The zero-order chi connectivity index (χ0) is 21.0. The van der Waals surface area contributed by atoms with E-state index in [9.17, 15) is 9.59 Å². The average molecular weight is 420 g/mol. The summed E-state index contributed by atoms with van der Waals surface area (Å²) in [6.07, 6.45) is 2.44. The van der Waals surface area contributed by atoms with E-state index in [1.165, 1.54) is 11.8 Å². The van der Waals surface area contributed by atoms with Crippen molar-refractivity contribution in [1.82, 2.24) is 14.9 Å². The van der Waals surface area contributed by atoms with Crippen molar-refractivity contribution in [1.29, 1.82) is 0 Å². The second-order valence-electron chi connectivity index (χ2n) is 6.70. The van der Waals surface area contributed by atoms with Gasteiger partial charge < -0.3 is 19.5 Å². The Bertz CT molecular complexity index is 935. The van der Waals surface area contributed by atoms with Crippen LogP contribution in [0.1, 0.15) is 23.6 Å². The quantitative estimate of drug-likeness (QED) is 0.654. The van der Waals surface area contributed by atoms with Crippen molar-refractivity contribution < 1.29 is 19.0 Å². The summed E-state index contributed by atoms with van der Waals surface area (Å²) in [5.41, 5.74) is 1.47. The molecule has 1 amide bonds. The van der Waals surface area contributed by atoms with Crippen LogP contribution < -0.4 is 25.1 Å². The lowest BCUT2D eigenvalue weighted by atomic mass is 10.1. The molecule has 1 atom stereocenters. The van der Waals surface area contributed by atoms with Crippen LogP contribution in [0.3, 0.4) is 0 Å². The highest BCUT2D eigenvalue weighted by Crippen LogP contribution is 2.38. The maximum atomic E-state index is 12.4. The van der Waals surface area contributed by atoms with Gasteiger partial charge in [0.15, 0.2) is 16.7 Å². The third-order valence-corrected chi connectivity index (χ3v) is 5.89. The van der Waals surface area contributed by atoms with Crippen LogP contribution in [0.5, 0.6) is 17.2 Å². The SMILES string of the molecule is COc1cc(CCNC(=O)CC2CSc3ncc(C)c(=O)n32)cc(OC)c1OC. The molecular formula is C20H25N3O5S. The van der Waals surface area contributed by atoms with Gasteiger partial charge in [-0.25, -0.2) is 4.98 Å². The number of aromatic nitrogens is 2. The first-order valence-electron chi connectivity index (χ1n) is 9.25. The number of fused-ring (bicyclic) bond motifs is 1. The van der Waals surface area contributed by atoms with Gasteiger partial charge in [-0.2, -0.15) is 0 Å². The molecular weight excluding hydrogens is 394 g/mol. The molecule has 9 heteroatoms. The lowest BCUT2D eigenvalue weighted by molar-refractivity contribution is -0.121. The monoisotopic (exact) mass is 419 g/mol. The van der Waals surface area contributed by atoms with E-state index in [0.29, 0.717) is 46.7 Å². The Labute approximate surface area is 173 Å². The molecule has 1 aliphatic heterocycles. The van der Waals surface area contributed by atoms with Gasteiger partial charge in [-0.3, -0.25) is 14.2 Å². The fourth-order valence-corrected chi connectivity index (χ4v) is 4.39. The predicted octanol–water partition coefficient (Wildman–Crippen LogP) is 1.97. The normalized spacial score (nSPS) is 15.0. The molecule has 1 unspecified atom stereocenters. The molecule has 1 aromatic heterocycles. The number of aryl methyl sites for hydroxylation is 1. The molecule has 1 N–H and O–H groups in total. The minimum Gasteiger partial charge on any atom is -0.493 e. The van der Waals surface area contributed by atoms with Gasteiger partial charge in [0.25, 0.3) is 5.56 Å². The van der Waals surface area contributed by atoms with E-state index in [1.54, 1.807) is 39.0 Å². The third kappa shape index (κ3) is 4.50. The van der Waals surface area contributed by atoms with Gasteiger partial charge in [0.05, 0.1) is 27.4 Å². The van der Waals surface area contributed by atoms with Gasteiger partial charge in [-0.15, -0.1) is 0 Å². The van der Waals surface area contributed by atoms with Crippen LogP contribution in [0.25, 0.3) is 0 Å². The summed E-state index contributed by atoms with van der Waals surface area (Å²) in [6, 6.07) is 3.56. The lowest BCUT2D eigenvalue weighted by Gasteiger charge is -2.15. The largest absolute Gasteiger partial charge is 0.493 e. The van der Waals surface area contributed by atoms with Crippen LogP contribution in [0.4, 0.5) is 0 Å². The predicted molar refractivity (Wildman–Crippen MR) is 110 cm³/mol. The maximum Gasteiger partial charge on any atom is 0.257 e. The molecule has 0 fully saturated rings. The third-order valence-electron chi connectivity index (χ3n) is 4.78. The highest BCUT2D eigenvalue weighted by atomic mass is 32.2. The van der Waals surface area contributed by atoms with Gasteiger partial charge in [-0.05, 0) is 31.0 Å². The van der Waals surface area contributed by atoms with E-state index in [0.717, 1.165) is 5.56 Å². The Balaban J connectivity index is 1.59. The van der Waals surface area contributed by atoms with E-state index in [-0.39, 0.29) is 23.9 Å². The number of benzene rings is 1. The van der Waals surface area contributed by atoms with E-state index < -0.39 is 0 Å². The first-order chi connectivity index (χ1) is 14.0. The van der Waals surface area contributed by atoms with Crippen molar-refractivity contribution in [2.45, 2.75) is 31.0 Å². The number of hydrogen-bond donors (Lipinski definition) is 1. The van der Waals surface area contributed by atoms with Crippen molar-refractivity contribution in [3.63, 3.8) is 0 Å². The summed E-state index contributed by atoms with van der Waals surface area (Å²) in [7, 11) is 4.69. The fourth-order valence-electron chi connectivity index (χ4n) is 3.28. The van der Waals surface area contributed by atoms with Crippen LogP contribution in [0.15, 0.2) is 28.3 Å². The first-order valence-corrected chi connectivity index (χ1v) is 10.2. The second kappa shape index (κ2) is 9.21. The minimum atomic E-state index is -0.170. The summed E-state index contributed by atoms with van der Waals surface area (Å²) in [4.78, 5) is 29.1. The summed E-state index contributed by atoms with van der Waals surface area (Å²) in [5, 5.41) is 3.61. The molecule has 0 aliphatic carbocycles. The minimum absolute atomic E-state index is 0.0739. The van der Waals surface area contributed by atoms with Gasteiger partial charge >= 0.3 is 0 Å². The molecule has 0 bridgehead atoms. The standard InChI is InChI=1S/C20H25N3O5S/c1-12-10-22-20-23(19(12)25)14(11-29-20)9-17(24)21-6-5-13-7-15(26-2)18(28-4)16(8-13)27-3/h7-8,10,14H,5-6,9,11H2,1-4H3,(H,21,24). The Morgan fingerprint density at radius 2 is 1.93 bits per heavy atom. The maximum absolute atomic E-state index is 12.4. The van der Waals surface area contributed by atoms with Crippen LogP contribution in [0.2, 0.25) is 0 Å². The topological polar surface area (TPSA) is 91.7 Å². The number of rotatable bonds is 8. The van der Waals surface area contributed by atoms with Crippen LogP contribution in [-0.4, -0.2) is 49.1 Å². The van der Waals surface area contributed by atoms with E-state index >= 15 is 0 Å². The summed E-state index contributed by atoms with van der Waals surface area (Å²) < 4.78 is 17.7. The molecule has 156 valence electrons. The second-order valence-corrected chi connectivity index (χ2v) is 7.69. The van der Waals surface area contributed by atoms with E-state index in [4.69, 9.17) is 14.2 Å². The Kier molecular flexibility index (Phi) is 6.68. The number of nitrogens with zero attached hydrogens (tertiary/aromatic N) is 2. The Hall–Kier alpha value is -2.68. The molecule has 0 saturated carbocycles. The number of carbonyl (C=O) groups is 1. The van der Waals surface area contributed by atoms with Crippen molar-refractivity contribution in [3.8, 4) is 17.2 Å².